The molecule has 0 amide bonds. The highest BCUT2D eigenvalue weighted by molar-refractivity contribution is 6.74. The molecule has 1 aliphatic carbocycles. The van der Waals surface area contributed by atoms with E-state index in [0.29, 0.717) is 19.3 Å². The zero-order chi connectivity index (χ0) is 14.8. The lowest BCUT2D eigenvalue weighted by molar-refractivity contribution is -0.151. The molecule has 2 unspecified atom stereocenters. The van der Waals surface area contributed by atoms with Crippen LogP contribution >= 0.6 is 0 Å². The lowest BCUT2D eigenvalue weighted by Crippen LogP contribution is -2.47. The average molecular weight is 286 g/mol. The highest BCUT2D eigenvalue weighted by Gasteiger charge is 2.41. The van der Waals surface area contributed by atoms with Crippen LogP contribution in [-0.2, 0) is 18.8 Å². The zero-order valence-electron chi connectivity index (χ0n) is 12.9. The van der Waals surface area contributed by atoms with Gasteiger partial charge in [-0.1, -0.05) is 20.8 Å². The maximum atomic E-state index is 11.7. The maximum absolute atomic E-state index is 11.7. The predicted octanol–water partition coefficient (Wildman–Crippen LogP) is 3.06. The van der Waals surface area contributed by atoms with E-state index in [4.69, 9.17) is 9.16 Å². The summed E-state index contributed by atoms with van der Waals surface area (Å²) in [5, 5.41) is 0.116. The Morgan fingerprint density at radius 3 is 2.21 bits per heavy atom. The molecule has 0 aromatic rings. The molecule has 1 rings (SSSR count). The van der Waals surface area contributed by atoms with E-state index >= 15 is 0 Å². The number of carbonyl (C=O) groups is 2. The van der Waals surface area contributed by atoms with Gasteiger partial charge in [-0.2, -0.15) is 0 Å². The van der Waals surface area contributed by atoms with Crippen LogP contribution in [0.25, 0.3) is 0 Å². The number of esters is 1. The third-order valence-electron chi connectivity index (χ3n) is 4.04. The number of Topliss-reactive ketones (excluding diaryl/α,β-unsaturated/α-hetero) is 1. The fourth-order valence-electron chi connectivity index (χ4n) is 2.06. The van der Waals surface area contributed by atoms with Gasteiger partial charge in [-0.15, -0.1) is 0 Å². The van der Waals surface area contributed by atoms with Gasteiger partial charge < -0.3 is 9.16 Å². The highest BCUT2D eigenvalue weighted by atomic mass is 28.4. The third-order valence-corrected chi connectivity index (χ3v) is 8.57. The van der Waals surface area contributed by atoms with Gasteiger partial charge in [-0.25, -0.2) is 0 Å². The van der Waals surface area contributed by atoms with Gasteiger partial charge in [-0.3, -0.25) is 9.59 Å². The zero-order valence-corrected chi connectivity index (χ0v) is 13.9. The second-order valence-corrected chi connectivity index (χ2v) is 11.7. The minimum Gasteiger partial charge on any atom is -0.462 e. The molecule has 19 heavy (non-hydrogen) atoms. The molecule has 2 atom stereocenters. The van der Waals surface area contributed by atoms with Gasteiger partial charge in [0.25, 0.3) is 0 Å². The van der Waals surface area contributed by atoms with Crippen molar-refractivity contribution in [2.24, 2.45) is 0 Å². The van der Waals surface area contributed by atoms with Crippen molar-refractivity contribution in [2.75, 3.05) is 0 Å². The summed E-state index contributed by atoms with van der Waals surface area (Å²) in [6.45, 7) is 12.2. The number of ether oxygens (including phenoxy) is 1. The minimum absolute atomic E-state index is 0.105. The van der Waals surface area contributed by atoms with Crippen LogP contribution in [0.3, 0.4) is 0 Å². The number of hydrogen-bond donors (Lipinski definition) is 0. The van der Waals surface area contributed by atoms with Gasteiger partial charge in [0, 0.05) is 26.2 Å². The first-order chi connectivity index (χ1) is 8.51. The topological polar surface area (TPSA) is 52.6 Å². The fraction of sp³-hybridized carbons (Fsp3) is 0.857. The van der Waals surface area contributed by atoms with E-state index in [1.807, 2.05) is 0 Å². The summed E-state index contributed by atoms with van der Waals surface area (Å²) in [6.07, 6.45) is 0.999. The van der Waals surface area contributed by atoms with E-state index in [-0.39, 0.29) is 29.0 Å². The molecule has 0 N–H and O–H groups in total. The average Bonchev–Trinajstić information content (AvgIpc) is 2.11. The highest BCUT2D eigenvalue weighted by Crippen LogP contribution is 2.39. The molecule has 4 nitrogen and oxygen atoms in total. The van der Waals surface area contributed by atoms with Crippen molar-refractivity contribution in [3.8, 4) is 0 Å². The first-order valence-corrected chi connectivity index (χ1v) is 9.79. The van der Waals surface area contributed by atoms with Gasteiger partial charge in [-0.05, 0) is 18.1 Å². The summed E-state index contributed by atoms with van der Waals surface area (Å²) in [7, 11) is -1.88. The molecule has 0 saturated heterocycles. The van der Waals surface area contributed by atoms with E-state index < -0.39 is 8.32 Å². The molecule has 0 spiro atoms. The molecule has 5 heteroatoms. The predicted molar refractivity (Wildman–Crippen MR) is 76.5 cm³/mol. The summed E-state index contributed by atoms with van der Waals surface area (Å²) in [4.78, 5) is 22.7. The van der Waals surface area contributed by atoms with Crippen molar-refractivity contribution in [3.05, 3.63) is 0 Å². The minimum atomic E-state index is -1.88. The Labute approximate surface area is 117 Å². The van der Waals surface area contributed by atoms with Crippen molar-refractivity contribution < 1.29 is 18.8 Å². The van der Waals surface area contributed by atoms with E-state index in [1.54, 1.807) is 0 Å². The number of ketones is 1. The Morgan fingerprint density at radius 1 is 1.21 bits per heavy atom. The maximum Gasteiger partial charge on any atom is 0.302 e. The summed E-state index contributed by atoms with van der Waals surface area (Å²) in [6, 6.07) is 0. The Balaban J connectivity index is 2.68. The van der Waals surface area contributed by atoms with Crippen molar-refractivity contribution >= 4 is 20.1 Å². The molecule has 1 aliphatic rings. The van der Waals surface area contributed by atoms with Crippen LogP contribution in [0.5, 0.6) is 0 Å². The molecule has 0 aromatic heterocycles. The molecular formula is C14H26O4Si. The third kappa shape index (κ3) is 4.73. The SMILES string of the molecule is CC(=O)OC1CC(=O)CC(O[Si](C)(C)C(C)(C)C)C1. The van der Waals surface area contributed by atoms with Gasteiger partial charge in [0.1, 0.15) is 11.9 Å². The molecule has 0 radical (unpaired) electrons. The Kier molecular flexibility index (Phi) is 4.95. The lowest BCUT2D eigenvalue weighted by atomic mass is 9.94. The van der Waals surface area contributed by atoms with Crippen molar-refractivity contribution in [3.63, 3.8) is 0 Å². The number of rotatable bonds is 3. The van der Waals surface area contributed by atoms with Gasteiger partial charge in [0.05, 0.1) is 6.10 Å². The summed E-state index contributed by atoms with van der Waals surface area (Å²) >= 11 is 0. The second-order valence-electron chi connectivity index (χ2n) is 6.91. The van der Waals surface area contributed by atoms with Crippen LogP contribution in [0.4, 0.5) is 0 Å². The molecule has 110 valence electrons. The molecule has 0 aromatic carbocycles. The van der Waals surface area contributed by atoms with Crippen molar-refractivity contribution in [2.45, 2.75) is 77.3 Å². The molecular weight excluding hydrogens is 260 g/mol. The summed E-state index contributed by atoms with van der Waals surface area (Å²) in [5.41, 5.74) is 0. The van der Waals surface area contributed by atoms with Crippen LogP contribution in [0.2, 0.25) is 18.1 Å². The normalized spacial score (nSPS) is 25.3. The Hall–Kier alpha value is -0.683. The van der Waals surface area contributed by atoms with E-state index in [2.05, 4.69) is 33.9 Å². The van der Waals surface area contributed by atoms with Crippen LogP contribution in [0, 0.1) is 0 Å². The van der Waals surface area contributed by atoms with Crippen LogP contribution in [0.1, 0.15) is 47.0 Å². The van der Waals surface area contributed by atoms with Gasteiger partial charge in [0.2, 0.25) is 0 Å². The standard InChI is InChI=1S/C14H26O4Si/c1-10(15)17-12-7-11(16)8-13(9-12)18-19(5,6)14(2,3)4/h12-13H,7-9H2,1-6H3. The monoisotopic (exact) mass is 286 g/mol. The fourth-order valence-corrected chi connectivity index (χ4v) is 3.43. The first kappa shape index (κ1) is 16.4. The van der Waals surface area contributed by atoms with Crippen LogP contribution < -0.4 is 0 Å². The first-order valence-electron chi connectivity index (χ1n) is 6.88. The molecule has 1 saturated carbocycles. The van der Waals surface area contributed by atoms with E-state index in [9.17, 15) is 9.59 Å². The van der Waals surface area contributed by atoms with E-state index in [1.165, 1.54) is 6.92 Å². The van der Waals surface area contributed by atoms with Crippen molar-refractivity contribution in [1.29, 1.82) is 0 Å². The van der Waals surface area contributed by atoms with E-state index in [0.717, 1.165) is 0 Å². The van der Waals surface area contributed by atoms with Crippen LogP contribution in [0.15, 0.2) is 0 Å². The van der Waals surface area contributed by atoms with Gasteiger partial charge >= 0.3 is 5.97 Å². The molecule has 0 heterocycles. The molecule has 0 bridgehead atoms. The largest absolute Gasteiger partial charge is 0.462 e. The lowest BCUT2D eigenvalue weighted by Gasteiger charge is -2.41. The molecule has 1 fully saturated rings. The number of carbonyl (C=O) groups excluding carboxylic acids is 2. The Bertz CT molecular complexity index is 355. The quantitative estimate of drug-likeness (QED) is 0.591. The smallest absolute Gasteiger partial charge is 0.302 e. The Morgan fingerprint density at radius 2 is 1.74 bits per heavy atom. The molecule has 0 aliphatic heterocycles. The summed E-state index contributed by atoms with van der Waals surface area (Å²) < 4.78 is 11.4. The summed E-state index contributed by atoms with van der Waals surface area (Å²) in [5.74, 6) is -0.202. The van der Waals surface area contributed by atoms with Crippen LogP contribution in [-0.4, -0.2) is 32.3 Å². The number of hydrogen-bond acceptors (Lipinski definition) is 4. The van der Waals surface area contributed by atoms with Gasteiger partial charge in [0.15, 0.2) is 8.32 Å². The van der Waals surface area contributed by atoms with Crippen molar-refractivity contribution in [1.82, 2.24) is 0 Å². The second kappa shape index (κ2) is 5.75.